The van der Waals surface area contributed by atoms with Crippen molar-refractivity contribution in [1.82, 2.24) is 14.8 Å². The van der Waals surface area contributed by atoms with Gasteiger partial charge in [0.15, 0.2) is 0 Å². The van der Waals surface area contributed by atoms with Gasteiger partial charge in [-0.05, 0) is 68.4 Å². The van der Waals surface area contributed by atoms with Crippen molar-refractivity contribution >= 4 is 11.7 Å². The number of aromatic nitrogens is 1. The molecule has 166 valence electrons. The lowest BCUT2D eigenvalue weighted by atomic mass is 10.0. The Morgan fingerprint density at radius 1 is 1.06 bits per heavy atom. The fourth-order valence-corrected chi connectivity index (χ4v) is 3.95. The molecule has 0 bridgehead atoms. The van der Waals surface area contributed by atoms with Gasteiger partial charge in [0, 0.05) is 49.7 Å². The van der Waals surface area contributed by atoms with Gasteiger partial charge >= 0.3 is 6.03 Å². The Hall–Kier alpha value is -3.38. The molecule has 2 heterocycles. The largest absolute Gasteiger partial charge is 0.457 e. The van der Waals surface area contributed by atoms with Crippen LogP contribution in [0.15, 0.2) is 79.0 Å². The first-order valence-corrected chi connectivity index (χ1v) is 11.2. The number of pyridine rings is 1. The van der Waals surface area contributed by atoms with Crippen LogP contribution in [-0.2, 0) is 6.42 Å². The number of amides is 2. The standard InChI is InChI=1S/C26H30N4O2/c1-29(19-16-21-8-5-6-17-27-21)23-9-7-18-30(20-23)26(31)28-22-12-14-25(15-13-22)32-24-10-3-2-4-11-24/h2-6,8,10-15,17,23H,7,9,16,18-20H2,1H3,(H,28,31)/t23-/m0/s1. The first-order chi connectivity index (χ1) is 15.7. The molecule has 1 aliphatic heterocycles. The number of likely N-dealkylation sites (N-methyl/N-ethyl adjacent to an activating group) is 1. The normalized spacial score (nSPS) is 16.1. The highest BCUT2D eigenvalue weighted by molar-refractivity contribution is 5.89. The minimum atomic E-state index is -0.0513. The summed E-state index contributed by atoms with van der Waals surface area (Å²) >= 11 is 0. The molecule has 0 radical (unpaired) electrons. The Morgan fingerprint density at radius 3 is 2.56 bits per heavy atom. The van der Waals surface area contributed by atoms with Crippen LogP contribution < -0.4 is 10.1 Å². The Bertz CT molecular complexity index is 980. The van der Waals surface area contributed by atoms with Crippen LogP contribution in [0.25, 0.3) is 0 Å². The predicted molar refractivity (Wildman–Crippen MR) is 127 cm³/mol. The first-order valence-electron chi connectivity index (χ1n) is 11.2. The Labute approximate surface area is 189 Å². The van der Waals surface area contributed by atoms with Gasteiger partial charge in [-0.25, -0.2) is 4.79 Å². The van der Waals surface area contributed by atoms with Gasteiger partial charge in [-0.1, -0.05) is 24.3 Å². The third kappa shape index (κ3) is 6.08. The summed E-state index contributed by atoms with van der Waals surface area (Å²) in [6.45, 7) is 2.45. The van der Waals surface area contributed by atoms with Crippen LogP contribution in [0.3, 0.4) is 0 Å². The summed E-state index contributed by atoms with van der Waals surface area (Å²) in [6.07, 6.45) is 4.86. The van der Waals surface area contributed by atoms with Gasteiger partial charge in [0.1, 0.15) is 11.5 Å². The molecule has 6 nitrogen and oxygen atoms in total. The third-order valence-corrected chi connectivity index (χ3v) is 5.84. The van der Waals surface area contributed by atoms with Crippen LogP contribution in [0.4, 0.5) is 10.5 Å². The fraction of sp³-hybridized carbons (Fsp3) is 0.308. The Kier molecular flexibility index (Phi) is 7.35. The van der Waals surface area contributed by atoms with E-state index in [0.717, 1.165) is 61.8 Å². The van der Waals surface area contributed by atoms with Crippen LogP contribution in [0.5, 0.6) is 11.5 Å². The number of ether oxygens (including phenoxy) is 1. The molecular formula is C26H30N4O2. The SMILES string of the molecule is CN(CCc1ccccn1)[C@H]1CCCN(C(=O)Nc2ccc(Oc3ccccc3)cc2)C1. The van der Waals surface area contributed by atoms with Crippen molar-refractivity contribution in [3.05, 3.63) is 84.7 Å². The minimum Gasteiger partial charge on any atom is -0.457 e. The Morgan fingerprint density at radius 2 is 1.81 bits per heavy atom. The number of hydrogen-bond acceptors (Lipinski definition) is 4. The maximum atomic E-state index is 12.8. The number of nitrogens with zero attached hydrogens (tertiary/aromatic N) is 3. The molecule has 0 unspecified atom stereocenters. The number of carbonyl (C=O) groups is 1. The van der Waals surface area contributed by atoms with Crippen molar-refractivity contribution in [1.29, 1.82) is 0 Å². The molecule has 1 aliphatic rings. The molecule has 1 saturated heterocycles. The molecule has 2 amide bonds. The summed E-state index contributed by atoms with van der Waals surface area (Å²) in [5, 5.41) is 3.02. The van der Waals surface area contributed by atoms with E-state index in [0.29, 0.717) is 6.04 Å². The molecule has 1 fully saturated rings. The number of para-hydroxylation sites is 1. The fourth-order valence-electron chi connectivity index (χ4n) is 3.95. The quantitative estimate of drug-likeness (QED) is 0.570. The molecule has 32 heavy (non-hydrogen) atoms. The monoisotopic (exact) mass is 430 g/mol. The number of rotatable bonds is 7. The molecule has 1 atom stereocenters. The summed E-state index contributed by atoms with van der Waals surface area (Å²) in [5.74, 6) is 1.53. The molecule has 0 aliphatic carbocycles. The number of benzene rings is 2. The van der Waals surface area contributed by atoms with E-state index >= 15 is 0 Å². The molecule has 1 N–H and O–H groups in total. The smallest absolute Gasteiger partial charge is 0.321 e. The summed E-state index contributed by atoms with van der Waals surface area (Å²) < 4.78 is 5.82. The lowest BCUT2D eigenvalue weighted by Crippen LogP contribution is -2.50. The second-order valence-electron chi connectivity index (χ2n) is 8.16. The highest BCUT2D eigenvalue weighted by Gasteiger charge is 2.26. The maximum Gasteiger partial charge on any atom is 0.321 e. The van der Waals surface area contributed by atoms with Crippen LogP contribution in [-0.4, -0.2) is 53.5 Å². The number of anilines is 1. The second-order valence-corrected chi connectivity index (χ2v) is 8.16. The molecule has 0 spiro atoms. The summed E-state index contributed by atoms with van der Waals surface area (Å²) in [7, 11) is 2.14. The Balaban J connectivity index is 1.27. The summed E-state index contributed by atoms with van der Waals surface area (Å²) in [6, 6.07) is 23.5. The second kappa shape index (κ2) is 10.8. The molecule has 0 saturated carbocycles. The number of piperidine rings is 1. The minimum absolute atomic E-state index is 0.0513. The van der Waals surface area contributed by atoms with Gasteiger partial charge in [-0.15, -0.1) is 0 Å². The van der Waals surface area contributed by atoms with Crippen molar-refractivity contribution in [2.45, 2.75) is 25.3 Å². The number of carbonyl (C=O) groups excluding carboxylic acids is 1. The maximum absolute atomic E-state index is 12.8. The topological polar surface area (TPSA) is 57.7 Å². The van der Waals surface area contributed by atoms with Gasteiger partial charge < -0.3 is 19.9 Å². The van der Waals surface area contributed by atoms with E-state index < -0.39 is 0 Å². The highest BCUT2D eigenvalue weighted by Crippen LogP contribution is 2.23. The van der Waals surface area contributed by atoms with Crippen molar-refractivity contribution in [2.75, 3.05) is 32.0 Å². The molecule has 4 rings (SSSR count). The lowest BCUT2D eigenvalue weighted by molar-refractivity contribution is 0.133. The lowest BCUT2D eigenvalue weighted by Gasteiger charge is -2.37. The summed E-state index contributed by atoms with van der Waals surface area (Å²) in [5.41, 5.74) is 1.87. The van der Waals surface area contributed by atoms with E-state index in [2.05, 4.69) is 28.3 Å². The van der Waals surface area contributed by atoms with Gasteiger partial charge in [0.2, 0.25) is 0 Å². The van der Waals surface area contributed by atoms with E-state index in [-0.39, 0.29) is 6.03 Å². The number of likely N-dealkylation sites (tertiary alicyclic amines) is 1. The van der Waals surface area contributed by atoms with E-state index in [4.69, 9.17) is 4.74 Å². The molecule has 6 heteroatoms. The zero-order valence-corrected chi connectivity index (χ0v) is 18.5. The van der Waals surface area contributed by atoms with Crippen LogP contribution in [0, 0.1) is 0 Å². The van der Waals surface area contributed by atoms with Gasteiger partial charge in [-0.2, -0.15) is 0 Å². The first kappa shape index (κ1) is 21.8. The zero-order chi connectivity index (χ0) is 22.2. The van der Waals surface area contributed by atoms with E-state index in [1.165, 1.54) is 0 Å². The zero-order valence-electron chi connectivity index (χ0n) is 18.5. The molecule has 2 aromatic carbocycles. The number of urea groups is 1. The van der Waals surface area contributed by atoms with Gasteiger partial charge in [-0.3, -0.25) is 4.98 Å². The van der Waals surface area contributed by atoms with Crippen LogP contribution in [0.1, 0.15) is 18.5 Å². The van der Waals surface area contributed by atoms with E-state index in [1.807, 2.05) is 77.8 Å². The van der Waals surface area contributed by atoms with Crippen LogP contribution in [0.2, 0.25) is 0 Å². The predicted octanol–water partition coefficient (Wildman–Crippen LogP) is 5.04. The van der Waals surface area contributed by atoms with Gasteiger partial charge in [0.05, 0.1) is 0 Å². The van der Waals surface area contributed by atoms with Gasteiger partial charge in [0.25, 0.3) is 0 Å². The van der Waals surface area contributed by atoms with Crippen LogP contribution >= 0.6 is 0 Å². The average Bonchev–Trinajstić information content (AvgIpc) is 2.85. The molecule has 1 aromatic heterocycles. The highest BCUT2D eigenvalue weighted by atomic mass is 16.5. The van der Waals surface area contributed by atoms with E-state index in [9.17, 15) is 4.79 Å². The third-order valence-electron chi connectivity index (χ3n) is 5.84. The molecule has 3 aromatic rings. The number of hydrogen-bond donors (Lipinski definition) is 1. The van der Waals surface area contributed by atoms with Crippen molar-refractivity contribution < 1.29 is 9.53 Å². The van der Waals surface area contributed by atoms with Crippen molar-refractivity contribution in [2.24, 2.45) is 0 Å². The van der Waals surface area contributed by atoms with Crippen molar-refractivity contribution in [3.63, 3.8) is 0 Å². The van der Waals surface area contributed by atoms with E-state index in [1.54, 1.807) is 0 Å². The number of nitrogens with one attached hydrogen (secondary N) is 1. The van der Waals surface area contributed by atoms with Crippen molar-refractivity contribution in [3.8, 4) is 11.5 Å². The molecular weight excluding hydrogens is 400 g/mol. The average molecular weight is 431 g/mol. The summed E-state index contributed by atoms with van der Waals surface area (Å²) in [4.78, 5) is 21.5.